The van der Waals surface area contributed by atoms with Gasteiger partial charge in [-0.2, -0.15) is 9.69 Å². The molecular weight excluding hydrogens is 717 g/mol. The highest BCUT2D eigenvalue weighted by Gasteiger charge is 2.45. The minimum absolute atomic E-state index is 0.0631. The van der Waals surface area contributed by atoms with Gasteiger partial charge >= 0.3 is 11.9 Å². The molecule has 2 unspecified atom stereocenters. The summed E-state index contributed by atoms with van der Waals surface area (Å²) in [4.78, 5) is 36.5. The lowest BCUT2D eigenvalue weighted by molar-refractivity contribution is -0.137. The SMILES string of the molecule is CN(CCC(=O)O)C(=O)c1ccc(NC(c2nn(C3CCCCC3)c3ccccc23)C2CCCCC2)cc1.C[N+]1(C2CCCCC2)N=C(C(=O)O)c2ccccc21. The molecule has 3 saturated carbocycles. The Morgan fingerprint density at radius 3 is 2.09 bits per heavy atom. The van der Waals surface area contributed by atoms with Crippen molar-refractivity contribution < 1.29 is 24.6 Å². The Hall–Kier alpha value is -5.03. The zero-order chi connectivity index (χ0) is 39.9. The molecule has 4 aliphatic rings. The Balaban J connectivity index is 0.000000218. The fraction of sp³-hybridized carbons (Fsp3) is 0.500. The lowest BCUT2D eigenvalue weighted by Gasteiger charge is -2.35. The Bertz CT molecular complexity index is 2060. The third-order valence-corrected chi connectivity index (χ3v) is 12.9. The minimum atomic E-state index is -0.926. The van der Waals surface area contributed by atoms with Crippen molar-refractivity contribution in [1.82, 2.24) is 19.3 Å². The summed E-state index contributed by atoms with van der Waals surface area (Å²) in [5.74, 6) is -1.49. The van der Waals surface area contributed by atoms with Crippen molar-refractivity contribution in [3.05, 3.63) is 89.6 Å². The van der Waals surface area contributed by atoms with Gasteiger partial charge in [-0.15, -0.1) is 0 Å². The van der Waals surface area contributed by atoms with Crippen LogP contribution in [0, 0.1) is 5.92 Å². The first kappa shape index (κ1) is 40.2. The maximum atomic E-state index is 12.8. The number of amides is 1. The molecule has 1 aliphatic heterocycles. The quantitative estimate of drug-likeness (QED) is 0.129. The van der Waals surface area contributed by atoms with E-state index in [1.54, 1.807) is 7.05 Å². The highest BCUT2D eigenvalue weighted by atomic mass is 16.4. The molecule has 57 heavy (non-hydrogen) atoms. The van der Waals surface area contributed by atoms with E-state index >= 15 is 0 Å². The molecule has 2 heterocycles. The molecule has 3 fully saturated rings. The lowest BCUT2D eigenvalue weighted by atomic mass is 9.82. The third-order valence-electron chi connectivity index (χ3n) is 12.9. The number of hydrogen-bond donors (Lipinski definition) is 3. The number of fused-ring (bicyclic) bond motifs is 2. The zero-order valence-corrected chi connectivity index (χ0v) is 33.6. The van der Waals surface area contributed by atoms with Crippen LogP contribution in [-0.2, 0) is 9.59 Å². The van der Waals surface area contributed by atoms with Gasteiger partial charge in [0.25, 0.3) is 5.91 Å². The Morgan fingerprint density at radius 1 is 0.807 bits per heavy atom. The van der Waals surface area contributed by atoms with Crippen LogP contribution in [0.5, 0.6) is 0 Å². The van der Waals surface area contributed by atoms with Gasteiger partial charge in [-0.3, -0.25) is 14.3 Å². The zero-order valence-electron chi connectivity index (χ0n) is 33.6. The monoisotopic (exact) mass is 775 g/mol. The number of carbonyl (C=O) groups excluding carboxylic acids is 1. The molecule has 3 aromatic carbocycles. The number of quaternary nitrogens is 1. The third kappa shape index (κ3) is 8.93. The molecule has 8 rings (SSSR count). The topological polar surface area (TPSA) is 137 Å². The van der Waals surface area contributed by atoms with Crippen molar-refractivity contribution in [3.8, 4) is 0 Å². The van der Waals surface area contributed by atoms with Gasteiger partial charge in [0.2, 0.25) is 5.71 Å². The fourth-order valence-corrected chi connectivity index (χ4v) is 9.70. The summed E-state index contributed by atoms with van der Waals surface area (Å²) in [6, 6.07) is 25.0. The molecule has 11 heteroatoms. The van der Waals surface area contributed by atoms with E-state index in [1.165, 1.54) is 99.3 Å². The van der Waals surface area contributed by atoms with Crippen molar-refractivity contribution in [3.63, 3.8) is 0 Å². The first-order chi connectivity index (χ1) is 27.6. The van der Waals surface area contributed by atoms with Crippen LogP contribution >= 0.6 is 0 Å². The van der Waals surface area contributed by atoms with E-state index in [9.17, 15) is 19.5 Å². The lowest BCUT2D eigenvalue weighted by Crippen LogP contribution is -2.48. The summed E-state index contributed by atoms with van der Waals surface area (Å²) in [6.45, 7) is 0.189. The van der Waals surface area contributed by atoms with Gasteiger partial charge < -0.3 is 20.4 Å². The van der Waals surface area contributed by atoms with E-state index in [0.717, 1.165) is 35.5 Å². The summed E-state index contributed by atoms with van der Waals surface area (Å²) in [6.07, 6.45) is 18.4. The van der Waals surface area contributed by atoms with Gasteiger partial charge in [-0.05, 0) is 80.8 Å². The number of carboxylic acids is 2. The highest BCUT2D eigenvalue weighted by molar-refractivity contribution is 6.44. The van der Waals surface area contributed by atoms with Crippen LogP contribution in [0.4, 0.5) is 11.4 Å². The van der Waals surface area contributed by atoms with Crippen LogP contribution in [0.2, 0.25) is 0 Å². The molecule has 0 radical (unpaired) electrons. The van der Waals surface area contributed by atoms with Gasteiger partial charge in [0, 0.05) is 49.1 Å². The molecular formula is C46H59N6O5+. The second kappa shape index (κ2) is 18.1. The predicted molar refractivity (Wildman–Crippen MR) is 226 cm³/mol. The smallest absolute Gasteiger partial charge is 0.360 e. The van der Waals surface area contributed by atoms with Crippen LogP contribution in [0.15, 0.2) is 77.9 Å². The van der Waals surface area contributed by atoms with Crippen LogP contribution in [0.3, 0.4) is 0 Å². The Labute approximate surface area is 336 Å². The fourth-order valence-electron chi connectivity index (χ4n) is 9.70. The normalized spacial score (nSPS) is 20.8. The van der Waals surface area contributed by atoms with Crippen LogP contribution in [0.1, 0.15) is 136 Å². The molecule has 11 nitrogen and oxygen atoms in total. The minimum Gasteiger partial charge on any atom is -0.481 e. The number of anilines is 1. The standard InChI is InChI=1S/C31H40N4O3.C15H18N2O2/c1-34(21-20-28(36)37)31(38)23-16-18-24(19-17-23)32-29(22-10-4-2-5-11-22)30-26-14-8-9-15-27(26)35(33-30)25-12-6-3-7-13-25;1-17(11-7-3-2-4-8-11)13-10-6-5-9-12(13)14(16-17)15(18)19/h8-9,14-19,22,25,29,32H,2-7,10-13,20-21H2,1H3,(H,36,37);5-6,9-11H,2-4,7-8H2,1H3/p+1. The number of benzene rings is 3. The van der Waals surface area contributed by atoms with Crippen molar-refractivity contribution in [1.29, 1.82) is 0 Å². The van der Waals surface area contributed by atoms with E-state index in [2.05, 4.69) is 39.4 Å². The highest BCUT2D eigenvalue weighted by Crippen LogP contribution is 2.42. The van der Waals surface area contributed by atoms with E-state index in [0.29, 0.717) is 28.2 Å². The molecule has 2 atom stereocenters. The number of rotatable bonds is 11. The van der Waals surface area contributed by atoms with Crippen LogP contribution in [0.25, 0.3) is 10.9 Å². The molecule has 302 valence electrons. The molecule has 3 N–H and O–H groups in total. The maximum absolute atomic E-state index is 12.8. The van der Waals surface area contributed by atoms with Crippen LogP contribution in [-0.4, -0.2) is 75.1 Å². The van der Waals surface area contributed by atoms with Crippen molar-refractivity contribution in [2.75, 3.05) is 26.0 Å². The number of hydrogen-bond acceptors (Lipinski definition) is 6. The summed E-state index contributed by atoms with van der Waals surface area (Å²) in [7, 11) is 3.69. The second-order valence-electron chi connectivity index (χ2n) is 16.7. The number of para-hydroxylation sites is 2. The summed E-state index contributed by atoms with van der Waals surface area (Å²) < 4.78 is 2.73. The average Bonchev–Trinajstić information content (AvgIpc) is 3.79. The largest absolute Gasteiger partial charge is 0.481 e. The number of nitrogens with zero attached hydrogens (tertiary/aromatic N) is 5. The van der Waals surface area contributed by atoms with Crippen molar-refractivity contribution >= 4 is 45.8 Å². The predicted octanol–water partition coefficient (Wildman–Crippen LogP) is 9.58. The molecule has 0 bridgehead atoms. The van der Waals surface area contributed by atoms with Gasteiger partial charge in [-0.25, -0.2) is 4.79 Å². The number of aliphatic carboxylic acids is 2. The van der Waals surface area contributed by atoms with E-state index < -0.39 is 11.9 Å². The van der Waals surface area contributed by atoms with Gasteiger partial charge in [-0.1, -0.05) is 80.4 Å². The summed E-state index contributed by atoms with van der Waals surface area (Å²) >= 11 is 0. The van der Waals surface area contributed by atoms with Crippen LogP contribution < -0.4 is 9.91 Å². The average molecular weight is 776 g/mol. The van der Waals surface area contributed by atoms with Gasteiger partial charge in [0.1, 0.15) is 6.04 Å². The van der Waals surface area contributed by atoms with Gasteiger partial charge in [0.15, 0.2) is 5.69 Å². The first-order valence-corrected chi connectivity index (χ1v) is 21.2. The number of carboxylic acid groups (broad SMARTS) is 2. The summed E-state index contributed by atoms with van der Waals surface area (Å²) in [5, 5.41) is 33.2. The van der Waals surface area contributed by atoms with E-state index in [4.69, 9.17) is 10.2 Å². The number of nitrogens with one attached hydrogen (secondary N) is 1. The van der Waals surface area contributed by atoms with E-state index in [-0.39, 0.29) is 30.6 Å². The molecule has 3 aliphatic carbocycles. The molecule has 4 aromatic rings. The van der Waals surface area contributed by atoms with Crippen molar-refractivity contribution in [2.24, 2.45) is 11.0 Å². The summed E-state index contributed by atoms with van der Waals surface area (Å²) in [5.41, 5.74) is 5.94. The molecule has 1 amide bonds. The number of aromatic nitrogens is 2. The van der Waals surface area contributed by atoms with E-state index in [1.807, 2.05) is 55.6 Å². The second-order valence-corrected chi connectivity index (χ2v) is 16.7. The molecule has 0 saturated heterocycles. The van der Waals surface area contributed by atoms with Crippen molar-refractivity contribution in [2.45, 2.75) is 121 Å². The van der Waals surface area contributed by atoms with Gasteiger partial charge in [0.05, 0.1) is 42.3 Å². The molecule has 0 spiro atoms. The number of carbonyl (C=O) groups is 3. The Kier molecular flexibility index (Phi) is 12.7. The molecule has 1 aromatic heterocycles. The first-order valence-electron chi connectivity index (χ1n) is 21.2. The maximum Gasteiger partial charge on any atom is 0.360 e. The Morgan fingerprint density at radius 2 is 1.42 bits per heavy atom.